The van der Waals surface area contributed by atoms with E-state index >= 15 is 0 Å². The number of carbonyl (C=O) groups excluding carboxylic acids is 1. The predicted molar refractivity (Wildman–Crippen MR) is 73.2 cm³/mol. The summed E-state index contributed by atoms with van der Waals surface area (Å²) in [7, 11) is 0. The first-order valence-electron chi connectivity index (χ1n) is 7.46. The highest BCUT2D eigenvalue weighted by atomic mass is 16.2. The molecule has 2 aliphatic rings. The molecule has 2 rings (SSSR count). The zero-order chi connectivity index (χ0) is 13.0. The third-order valence-corrected chi connectivity index (χ3v) is 4.49. The molecule has 3 N–H and O–H groups in total. The van der Waals surface area contributed by atoms with Crippen molar-refractivity contribution >= 4 is 5.91 Å². The van der Waals surface area contributed by atoms with E-state index < -0.39 is 0 Å². The minimum Gasteiger partial charge on any atom is -0.352 e. The van der Waals surface area contributed by atoms with Crippen molar-refractivity contribution in [3.05, 3.63) is 0 Å². The lowest BCUT2D eigenvalue weighted by molar-refractivity contribution is -0.123. The van der Waals surface area contributed by atoms with Crippen LogP contribution in [0, 0.1) is 5.92 Å². The fraction of sp³-hybridized carbons (Fsp3) is 0.929. The Morgan fingerprint density at radius 1 is 1.33 bits per heavy atom. The number of likely N-dealkylation sites (tertiary alicyclic amines) is 1. The molecular formula is C14H27N3O. The molecular weight excluding hydrogens is 226 g/mol. The first-order valence-corrected chi connectivity index (χ1v) is 7.46. The first kappa shape index (κ1) is 13.8. The zero-order valence-corrected chi connectivity index (χ0v) is 11.5. The van der Waals surface area contributed by atoms with Crippen molar-refractivity contribution < 1.29 is 4.79 Å². The summed E-state index contributed by atoms with van der Waals surface area (Å²) in [5.74, 6) is 0.755. The molecule has 0 aromatic rings. The number of nitrogens with one attached hydrogen (secondary N) is 1. The van der Waals surface area contributed by atoms with Gasteiger partial charge in [-0.3, -0.25) is 9.69 Å². The number of piperidine rings is 1. The molecule has 4 heteroatoms. The number of amides is 1. The summed E-state index contributed by atoms with van der Waals surface area (Å²) in [5.41, 5.74) is 6.09. The Morgan fingerprint density at radius 2 is 2.06 bits per heavy atom. The molecule has 1 heterocycles. The molecule has 18 heavy (non-hydrogen) atoms. The second-order valence-corrected chi connectivity index (χ2v) is 5.90. The smallest absolute Gasteiger partial charge is 0.234 e. The SMILES string of the molecule is CCC1CN(CC(=O)NC2CCCC2)CCC1N. The molecule has 0 bridgehead atoms. The standard InChI is InChI=1S/C14H27N3O/c1-2-11-9-17(8-7-13(11)15)10-14(18)16-12-5-3-4-6-12/h11-13H,2-10,15H2,1H3,(H,16,18). The van der Waals surface area contributed by atoms with Crippen molar-refractivity contribution in [2.24, 2.45) is 11.7 Å². The van der Waals surface area contributed by atoms with E-state index in [9.17, 15) is 4.79 Å². The fourth-order valence-corrected chi connectivity index (χ4v) is 3.25. The summed E-state index contributed by atoms with van der Waals surface area (Å²) in [4.78, 5) is 14.2. The predicted octanol–water partition coefficient (Wildman–Crippen LogP) is 1.10. The Labute approximate surface area is 110 Å². The Bertz CT molecular complexity index is 276. The maximum absolute atomic E-state index is 12.0. The molecule has 1 amide bonds. The molecule has 0 radical (unpaired) electrons. The van der Waals surface area contributed by atoms with Gasteiger partial charge in [0, 0.05) is 25.2 Å². The Hall–Kier alpha value is -0.610. The minimum atomic E-state index is 0.201. The molecule has 1 saturated carbocycles. The molecule has 1 aliphatic heterocycles. The first-order chi connectivity index (χ1) is 8.69. The number of rotatable bonds is 4. The van der Waals surface area contributed by atoms with E-state index in [1.807, 2.05) is 0 Å². The highest BCUT2D eigenvalue weighted by Gasteiger charge is 2.27. The van der Waals surface area contributed by atoms with Crippen LogP contribution >= 0.6 is 0 Å². The van der Waals surface area contributed by atoms with Gasteiger partial charge in [0.05, 0.1) is 6.54 Å². The van der Waals surface area contributed by atoms with Crippen molar-refractivity contribution in [1.29, 1.82) is 0 Å². The van der Waals surface area contributed by atoms with Gasteiger partial charge in [-0.15, -0.1) is 0 Å². The lowest BCUT2D eigenvalue weighted by atomic mass is 9.91. The van der Waals surface area contributed by atoms with Gasteiger partial charge in [0.15, 0.2) is 0 Å². The van der Waals surface area contributed by atoms with Gasteiger partial charge < -0.3 is 11.1 Å². The number of nitrogens with zero attached hydrogens (tertiary/aromatic N) is 1. The van der Waals surface area contributed by atoms with E-state index in [1.54, 1.807) is 0 Å². The normalized spacial score (nSPS) is 30.6. The van der Waals surface area contributed by atoms with Crippen molar-refractivity contribution in [3.8, 4) is 0 Å². The summed E-state index contributed by atoms with van der Waals surface area (Å²) in [5, 5.41) is 3.16. The van der Waals surface area contributed by atoms with Crippen LogP contribution in [0.15, 0.2) is 0 Å². The third kappa shape index (κ3) is 3.69. The maximum Gasteiger partial charge on any atom is 0.234 e. The Balaban J connectivity index is 1.73. The van der Waals surface area contributed by atoms with Gasteiger partial charge >= 0.3 is 0 Å². The van der Waals surface area contributed by atoms with Crippen molar-refractivity contribution in [2.45, 2.75) is 57.5 Å². The highest BCUT2D eigenvalue weighted by Crippen LogP contribution is 2.19. The molecule has 104 valence electrons. The van der Waals surface area contributed by atoms with E-state index in [0.717, 1.165) is 38.8 Å². The summed E-state index contributed by atoms with van der Waals surface area (Å²) in [6, 6.07) is 0.760. The van der Waals surface area contributed by atoms with Crippen LogP contribution < -0.4 is 11.1 Å². The van der Waals surface area contributed by atoms with Crippen LogP contribution in [0.2, 0.25) is 0 Å². The third-order valence-electron chi connectivity index (χ3n) is 4.49. The molecule has 4 nitrogen and oxygen atoms in total. The molecule has 1 aliphatic carbocycles. The van der Waals surface area contributed by atoms with Gasteiger partial charge in [0.2, 0.25) is 5.91 Å². The molecule has 0 spiro atoms. The van der Waals surface area contributed by atoms with Crippen LogP contribution in [0.5, 0.6) is 0 Å². The number of hydrogen-bond donors (Lipinski definition) is 2. The highest BCUT2D eigenvalue weighted by molar-refractivity contribution is 5.78. The largest absolute Gasteiger partial charge is 0.352 e. The van der Waals surface area contributed by atoms with Crippen LogP contribution in [0.25, 0.3) is 0 Å². The van der Waals surface area contributed by atoms with Crippen LogP contribution in [-0.2, 0) is 4.79 Å². The summed E-state index contributed by atoms with van der Waals surface area (Å²) in [6.45, 7) is 4.69. The minimum absolute atomic E-state index is 0.201. The van der Waals surface area contributed by atoms with E-state index in [0.29, 0.717) is 24.5 Å². The Kier molecular flexibility index (Phi) is 5.01. The lowest BCUT2D eigenvalue weighted by Crippen LogP contribution is -2.50. The molecule has 1 saturated heterocycles. The maximum atomic E-state index is 12.0. The van der Waals surface area contributed by atoms with Gasteiger partial charge in [-0.05, 0) is 25.2 Å². The van der Waals surface area contributed by atoms with Gasteiger partial charge in [-0.1, -0.05) is 26.2 Å². The van der Waals surface area contributed by atoms with Gasteiger partial charge in [0.25, 0.3) is 0 Å². The van der Waals surface area contributed by atoms with Crippen molar-refractivity contribution in [2.75, 3.05) is 19.6 Å². The number of carbonyl (C=O) groups is 1. The number of nitrogens with two attached hydrogens (primary N) is 1. The van der Waals surface area contributed by atoms with Crippen LogP contribution in [0.3, 0.4) is 0 Å². The van der Waals surface area contributed by atoms with Crippen molar-refractivity contribution in [1.82, 2.24) is 10.2 Å². The number of hydrogen-bond acceptors (Lipinski definition) is 3. The summed E-state index contributed by atoms with van der Waals surface area (Å²) >= 11 is 0. The van der Waals surface area contributed by atoms with E-state index in [2.05, 4.69) is 17.1 Å². The average Bonchev–Trinajstić information content (AvgIpc) is 2.84. The average molecular weight is 253 g/mol. The quantitative estimate of drug-likeness (QED) is 0.789. The van der Waals surface area contributed by atoms with E-state index in [4.69, 9.17) is 5.73 Å². The van der Waals surface area contributed by atoms with Gasteiger partial charge in [-0.2, -0.15) is 0 Å². The van der Waals surface area contributed by atoms with Gasteiger partial charge in [0.1, 0.15) is 0 Å². The zero-order valence-electron chi connectivity index (χ0n) is 11.5. The molecule has 2 fully saturated rings. The fourth-order valence-electron chi connectivity index (χ4n) is 3.25. The summed E-state index contributed by atoms with van der Waals surface area (Å²) < 4.78 is 0. The molecule has 0 aromatic heterocycles. The molecule has 2 unspecified atom stereocenters. The topological polar surface area (TPSA) is 58.4 Å². The van der Waals surface area contributed by atoms with E-state index in [-0.39, 0.29) is 5.91 Å². The Morgan fingerprint density at radius 3 is 2.72 bits per heavy atom. The van der Waals surface area contributed by atoms with Crippen LogP contribution in [0.1, 0.15) is 45.4 Å². The molecule has 0 aromatic carbocycles. The monoisotopic (exact) mass is 253 g/mol. The van der Waals surface area contributed by atoms with E-state index in [1.165, 1.54) is 12.8 Å². The van der Waals surface area contributed by atoms with Crippen molar-refractivity contribution in [3.63, 3.8) is 0 Å². The van der Waals surface area contributed by atoms with Crippen LogP contribution in [0.4, 0.5) is 0 Å². The van der Waals surface area contributed by atoms with Gasteiger partial charge in [-0.25, -0.2) is 0 Å². The molecule has 2 atom stereocenters. The summed E-state index contributed by atoms with van der Waals surface area (Å²) in [6.07, 6.45) is 6.99. The lowest BCUT2D eigenvalue weighted by Gasteiger charge is -2.36. The van der Waals surface area contributed by atoms with Crippen LogP contribution in [-0.4, -0.2) is 42.5 Å². The second-order valence-electron chi connectivity index (χ2n) is 5.90. The second kappa shape index (κ2) is 6.53.